The summed E-state index contributed by atoms with van der Waals surface area (Å²) < 4.78 is 27.8. The van der Waals surface area contributed by atoms with Crippen LogP contribution in [-0.2, 0) is 4.79 Å². The summed E-state index contributed by atoms with van der Waals surface area (Å²) in [7, 11) is 0. The van der Waals surface area contributed by atoms with E-state index in [0.717, 1.165) is 17.7 Å². The predicted molar refractivity (Wildman–Crippen MR) is 95.2 cm³/mol. The molecule has 0 radical (unpaired) electrons. The molecule has 4 nitrogen and oxygen atoms in total. The molecular weight excluding hydrogens is 338 g/mol. The fraction of sp³-hybridized carbons (Fsp3) is 0.250. The molecule has 0 spiro atoms. The zero-order valence-corrected chi connectivity index (χ0v) is 14.1. The summed E-state index contributed by atoms with van der Waals surface area (Å²) in [6.45, 7) is -0.0912. The first-order valence-electron chi connectivity index (χ1n) is 8.34. The van der Waals surface area contributed by atoms with Gasteiger partial charge in [0.25, 0.3) is 0 Å². The highest BCUT2D eigenvalue weighted by atomic mass is 19.1. The highest BCUT2D eigenvalue weighted by molar-refractivity contribution is 5.85. The first-order chi connectivity index (χ1) is 12.5. The largest absolute Gasteiger partial charge is 0.389 e. The molecule has 1 aliphatic rings. The smallest absolute Gasteiger partial charge is 0.176 e. The molecule has 2 aromatic carbocycles. The fourth-order valence-corrected chi connectivity index (χ4v) is 3.19. The van der Waals surface area contributed by atoms with Crippen LogP contribution in [0.15, 0.2) is 54.6 Å². The molecule has 1 aliphatic heterocycles. The maximum absolute atomic E-state index is 14.2. The molecule has 3 N–H and O–H groups in total. The highest BCUT2D eigenvalue weighted by Crippen LogP contribution is 2.35. The van der Waals surface area contributed by atoms with Crippen molar-refractivity contribution in [2.75, 3.05) is 19.7 Å². The first-order valence-corrected chi connectivity index (χ1v) is 8.34. The van der Waals surface area contributed by atoms with Gasteiger partial charge in [-0.15, -0.1) is 0 Å². The Labute approximate surface area is 150 Å². The molecule has 26 heavy (non-hydrogen) atoms. The molecule has 2 aromatic rings. The topological polar surface area (TPSA) is 66.6 Å². The Morgan fingerprint density at radius 1 is 1.23 bits per heavy atom. The van der Waals surface area contributed by atoms with Gasteiger partial charge in [0.2, 0.25) is 0 Å². The third kappa shape index (κ3) is 3.88. The molecule has 3 rings (SSSR count). The fourth-order valence-electron chi connectivity index (χ4n) is 3.19. The van der Waals surface area contributed by atoms with Crippen LogP contribution in [0.5, 0.6) is 0 Å². The number of rotatable bonds is 6. The number of benzene rings is 2. The Balaban J connectivity index is 1.93. The van der Waals surface area contributed by atoms with Crippen LogP contribution in [0.4, 0.5) is 8.78 Å². The molecule has 0 amide bonds. The monoisotopic (exact) mass is 358 g/mol. The molecule has 0 bridgehead atoms. The van der Waals surface area contributed by atoms with Crippen LogP contribution in [0.3, 0.4) is 0 Å². The molecule has 2 atom stereocenters. The Bertz CT molecular complexity index is 824. The summed E-state index contributed by atoms with van der Waals surface area (Å²) in [5, 5.41) is 9.01. The van der Waals surface area contributed by atoms with Crippen LogP contribution in [0.2, 0.25) is 0 Å². The predicted octanol–water partition coefficient (Wildman–Crippen LogP) is 2.29. The lowest BCUT2D eigenvalue weighted by Gasteiger charge is -2.27. The number of ketones is 1. The van der Waals surface area contributed by atoms with Gasteiger partial charge in [0, 0.05) is 18.7 Å². The molecule has 6 heteroatoms. The standard InChI is InChI=1S/C20H20F2N2O2/c21-15-6-7-17(22)16(9-15)14-8-19(13-4-2-1-3-5-13)24(10-14)11-18(23)20(26)12-25/h1-9,18-19,25H,10-12,23H2/t18-,19?/m0/s1. The van der Waals surface area contributed by atoms with E-state index in [4.69, 9.17) is 10.8 Å². The molecule has 0 fully saturated rings. The third-order valence-corrected chi connectivity index (χ3v) is 4.54. The van der Waals surface area contributed by atoms with Crippen LogP contribution in [0.25, 0.3) is 5.57 Å². The molecule has 0 aliphatic carbocycles. The van der Waals surface area contributed by atoms with Gasteiger partial charge in [-0.25, -0.2) is 8.78 Å². The van der Waals surface area contributed by atoms with E-state index in [1.165, 1.54) is 6.07 Å². The Hall–Kier alpha value is -2.41. The number of carbonyl (C=O) groups is 1. The van der Waals surface area contributed by atoms with Crippen molar-refractivity contribution in [2.24, 2.45) is 5.73 Å². The zero-order chi connectivity index (χ0) is 18.7. The van der Waals surface area contributed by atoms with E-state index >= 15 is 0 Å². The number of hydrogen-bond acceptors (Lipinski definition) is 4. The number of halogens is 2. The van der Waals surface area contributed by atoms with Crippen molar-refractivity contribution in [3.63, 3.8) is 0 Å². The Morgan fingerprint density at radius 3 is 2.65 bits per heavy atom. The van der Waals surface area contributed by atoms with E-state index in [-0.39, 0.29) is 18.2 Å². The van der Waals surface area contributed by atoms with Crippen molar-refractivity contribution >= 4 is 11.4 Å². The second-order valence-electron chi connectivity index (χ2n) is 6.33. The number of nitrogens with two attached hydrogens (primary N) is 1. The number of hydrogen-bond donors (Lipinski definition) is 2. The van der Waals surface area contributed by atoms with Gasteiger partial charge < -0.3 is 10.8 Å². The summed E-state index contributed by atoms with van der Waals surface area (Å²) in [4.78, 5) is 13.6. The number of carbonyl (C=O) groups excluding carboxylic acids is 1. The lowest BCUT2D eigenvalue weighted by molar-refractivity contribution is -0.123. The van der Waals surface area contributed by atoms with Crippen LogP contribution >= 0.6 is 0 Å². The SMILES string of the molecule is N[C@@H](CN1CC(c2cc(F)ccc2F)=CC1c1ccccc1)C(=O)CO. The van der Waals surface area contributed by atoms with Gasteiger partial charge in [0.15, 0.2) is 5.78 Å². The van der Waals surface area contributed by atoms with Gasteiger partial charge in [0.1, 0.15) is 18.2 Å². The minimum absolute atomic E-state index is 0.204. The van der Waals surface area contributed by atoms with Crippen molar-refractivity contribution in [3.05, 3.63) is 77.4 Å². The summed E-state index contributed by atoms with van der Waals surface area (Å²) in [5.41, 5.74) is 7.68. The van der Waals surface area contributed by atoms with Crippen LogP contribution in [0, 0.1) is 11.6 Å². The van der Waals surface area contributed by atoms with E-state index in [9.17, 15) is 13.6 Å². The van der Waals surface area contributed by atoms with Crippen molar-refractivity contribution < 1.29 is 18.7 Å². The summed E-state index contributed by atoms with van der Waals surface area (Å²) in [6, 6.07) is 11.8. The Morgan fingerprint density at radius 2 is 1.96 bits per heavy atom. The summed E-state index contributed by atoms with van der Waals surface area (Å²) in [5.74, 6) is -1.46. The molecule has 0 saturated heterocycles. The second kappa shape index (κ2) is 7.86. The molecular formula is C20H20F2N2O2. The van der Waals surface area contributed by atoms with Crippen LogP contribution in [0.1, 0.15) is 17.2 Å². The molecule has 1 heterocycles. The van der Waals surface area contributed by atoms with Crippen LogP contribution in [-0.4, -0.2) is 41.5 Å². The van der Waals surface area contributed by atoms with Gasteiger partial charge in [0.05, 0.1) is 12.1 Å². The van der Waals surface area contributed by atoms with Crippen molar-refractivity contribution in [1.82, 2.24) is 4.90 Å². The van der Waals surface area contributed by atoms with E-state index in [1.54, 1.807) is 0 Å². The zero-order valence-electron chi connectivity index (χ0n) is 14.1. The minimum Gasteiger partial charge on any atom is -0.389 e. The van der Waals surface area contributed by atoms with E-state index in [0.29, 0.717) is 12.1 Å². The van der Waals surface area contributed by atoms with Crippen LogP contribution < -0.4 is 5.73 Å². The van der Waals surface area contributed by atoms with Gasteiger partial charge in [-0.05, 0) is 29.3 Å². The molecule has 0 aromatic heterocycles. The average molecular weight is 358 g/mol. The quantitative estimate of drug-likeness (QED) is 0.832. The number of aliphatic hydroxyl groups excluding tert-OH is 1. The van der Waals surface area contributed by atoms with E-state index < -0.39 is 30.1 Å². The second-order valence-corrected chi connectivity index (χ2v) is 6.33. The summed E-state index contributed by atoms with van der Waals surface area (Å²) >= 11 is 0. The lowest BCUT2D eigenvalue weighted by Crippen LogP contribution is -2.44. The normalized spacial score (nSPS) is 18.6. The summed E-state index contributed by atoms with van der Waals surface area (Å²) in [6.07, 6.45) is 1.86. The number of aliphatic hydroxyl groups is 1. The van der Waals surface area contributed by atoms with Gasteiger partial charge >= 0.3 is 0 Å². The van der Waals surface area contributed by atoms with Gasteiger partial charge in [-0.2, -0.15) is 0 Å². The van der Waals surface area contributed by atoms with Gasteiger partial charge in [-0.1, -0.05) is 36.4 Å². The molecule has 1 unspecified atom stereocenters. The average Bonchev–Trinajstić information content (AvgIpc) is 3.07. The van der Waals surface area contributed by atoms with Crippen molar-refractivity contribution in [3.8, 4) is 0 Å². The maximum atomic E-state index is 14.2. The third-order valence-electron chi connectivity index (χ3n) is 4.54. The number of Topliss-reactive ketones (excluding diaryl/α,β-unsaturated/α-hetero) is 1. The maximum Gasteiger partial charge on any atom is 0.176 e. The Kier molecular flexibility index (Phi) is 5.56. The molecule has 136 valence electrons. The first kappa shape index (κ1) is 18.4. The molecule has 0 saturated carbocycles. The van der Waals surface area contributed by atoms with Crippen molar-refractivity contribution in [2.45, 2.75) is 12.1 Å². The highest BCUT2D eigenvalue weighted by Gasteiger charge is 2.30. The van der Waals surface area contributed by atoms with Gasteiger partial charge in [-0.3, -0.25) is 9.69 Å². The lowest BCUT2D eigenvalue weighted by atomic mass is 10.0. The minimum atomic E-state index is -0.851. The van der Waals surface area contributed by atoms with E-state index in [1.807, 2.05) is 41.3 Å². The van der Waals surface area contributed by atoms with E-state index in [2.05, 4.69) is 0 Å². The number of nitrogens with zero attached hydrogens (tertiary/aromatic N) is 1. The van der Waals surface area contributed by atoms with Crippen molar-refractivity contribution in [1.29, 1.82) is 0 Å².